The summed E-state index contributed by atoms with van der Waals surface area (Å²) in [6, 6.07) is 12.8. The molecular formula is C20H21N3O3. The minimum atomic E-state index is -0.376. The molecule has 0 spiro atoms. The molecule has 6 heteroatoms. The van der Waals surface area contributed by atoms with E-state index in [1.54, 1.807) is 38.4 Å². The van der Waals surface area contributed by atoms with Crippen LogP contribution >= 0.6 is 0 Å². The van der Waals surface area contributed by atoms with E-state index in [0.717, 1.165) is 11.1 Å². The molecule has 0 aromatic heterocycles. The number of amides is 2. The summed E-state index contributed by atoms with van der Waals surface area (Å²) in [5.74, 6) is 0.0867. The first kappa shape index (κ1) is 17.5. The van der Waals surface area contributed by atoms with Crippen LogP contribution < -0.4 is 15.4 Å². The Labute approximate surface area is 152 Å². The molecule has 2 amide bonds. The maximum atomic E-state index is 13.0. The van der Waals surface area contributed by atoms with E-state index in [-0.39, 0.29) is 24.1 Å². The summed E-state index contributed by atoms with van der Waals surface area (Å²) in [6.07, 6.45) is 1.67. The highest BCUT2D eigenvalue weighted by Gasteiger charge is 2.32. The first-order valence-corrected chi connectivity index (χ1v) is 8.23. The molecule has 0 unspecified atom stereocenters. The highest BCUT2D eigenvalue weighted by Crippen LogP contribution is 2.37. The second kappa shape index (κ2) is 6.92. The minimum absolute atomic E-state index is 0.0864. The summed E-state index contributed by atoms with van der Waals surface area (Å²) in [5.41, 5.74) is 8.81. The van der Waals surface area contributed by atoms with Crippen molar-refractivity contribution in [2.45, 2.75) is 6.92 Å². The van der Waals surface area contributed by atoms with E-state index in [0.29, 0.717) is 17.1 Å². The highest BCUT2D eigenvalue weighted by molar-refractivity contribution is 6.12. The molecular weight excluding hydrogens is 330 g/mol. The van der Waals surface area contributed by atoms with Gasteiger partial charge in [0.2, 0.25) is 5.91 Å². The molecule has 2 N–H and O–H groups in total. The van der Waals surface area contributed by atoms with Crippen molar-refractivity contribution in [2.75, 3.05) is 31.3 Å². The van der Waals surface area contributed by atoms with E-state index in [1.165, 1.54) is 9.80 Å². The molecule has 134 valence electrons. The van der Waals surface area contributed by atoms with Crippen LogP contribution in [0.5, 0.6) is 5.75 Å². The molecule has 0 saturated carbocycles. The number of anilines is 2. The van der Waals surface area contributed by atoms with E-state index in [9.17, 15) is 9.59 Å². The minimum Gasteiger partial charge on any atom is -0.449 e. The predicted molar refractivity (Wildman–Crippen MR) is 102 cm³/mol. The van der Waals surface area contributed by atoms with Crippen LogP contribution in [-0.2, 0) is 9.59 Å². The van der Waals surface area contributed by atoms with Crippen LogP contribution in [0.4, 0.5) is 11.4 Å². The Kier molecular flexibility index (Phi) is 4.67. The van der Waals surface area contributed by atoms with Crippen molar-refractivity contribution in [2.24, 2.45) is 0 Å². The van der Waals surface area contributed by atoms with Crippen molar-refractivity contribution in [3.05, 3.63) is 59.4 Å². The van der Waals surface area contributed by atoms with Gasteiger partial charge in [-0.3, -0.25) is 14.5 Å². The second-order valence-corrected chi connectivity index (χ2v) is 6.43. The summed E-state index contributed by atoms with van der Waals surface area (Å²) in [4.78, 5) is 28.0. The number of rotatable bonds is 3. The molecule has 6 nitrogen and oxygen atoms in total. The zero-order valence-electron chi connectivity index (χ0n) is 15.0. The van der Waals surface area contributed by atoms with Crippen LogP contribution in [0.25, 0.3) is 6.08 Å². The second-order valence-electron chi connectivity index (χ2n) is 6.43. The monoisotopic (exact) mass is 351 g/mol. The Hall–Kier alpha value is -3.28. The van der Waals surface area contributed by atoms with Gasteiger partial charge in [-0.2, -0.15) is 0 Å². The molecule has 2 aromatic rings. The van der Waals surface area contributed by atoms with Gasteiger partial charge in [0.1, 0.15) is 6.54 Å². The number of hydrogen-bond acceptors (Lipinski definition) is 4. The number of hydrogen-bond donors (Lipinski definition) is 1. The molecule has 26 heavy (non-hydrogen) atoms. The molecule has 0 fully saturated rings. The number of nitrogens with zero attached hydrogens (tertiary/aromatic N) is 2. The van der Waals surface area contributed by atoms with Gasteiger partial charge in [0.05, 0.1) is 5.69 Å². The number of aryl methyl sites for hydroxylation is 1. The van der Waals surface area contributed by atoms with Crippen LogP contribution in [0.3, 0.4) is 0 Å². The van der Waals surface area contributed by atoms with Crippen molar-refractivity contribution in [3.8, 4) is 5.75 Å². The molecule has 1 aliphatic rings. The van der Waals surface area contributed by atoms with Gasteiger partial charge in [-0.05, 0) is 36.8 Å². The standard InChI is InChI=1S/C20H21N3O3/c1-13-4-6-14(7-5-13)10-18-20(25)23(12-19(24)22(2)3)16-11-15(21)8-9-17(16)26-18/h4-11H,12,21H2,1-3H3/b18-10+. The number of benzene rings is 2. The summed E-state index contributed by atoms with van der Waals surface area (Å²) in [5, 5.41) is 0. The van der Waals surface area contributed by atoms with Crippen LogP contribution in [0.15, 0.2) is 48.2 Å². The Morgan fingerprint density at radius 1 is 1.19 bits per heavy atom. The summed E-state index contributed by atoms with van der Waals surface area (Å²) in [6.45, 7) is 1.91. The lowest BCUT2D eigenvalue weighted by Gasteiger charge is -2.31. The van der Waals surface area contributed by atoms with E-state index in [1.807, 2.05) is 31.2 Å². The smallest absolute Gasteiger partial charge is 0.294 e. The van der Waals surface area contributed by atoms with E-state index >= 15 is 0 Å². The number of carbonyl (C=O) groups is 2. The molecule has 0 radical (unpaired) electrons. The van der Waals surface area contributed by atoms with Gasteiger partial charge in [-0.1, -0.05) is 29.8 Å². The highest BCUT2D eigenvalue weighted by atomic mass is 16.5. The average Bonchev–Trinajstić information content (AvgIpc) is 2.60. The Morgan fingerprint density at radius 2 is 1.88 bits per heavy atom. The molecule has 0 aliphatic carbocycles. The van der Waals surface area contributed by atoms with Crippen LogP contribution in [0, 0.1) is 6.92 Å². The number of nitrogens with two attached hydrogens (primary N) is 1. The van der Waals surface area contributed by atoms with Gasteiger partial charge >= 0.3 is 0 Å². The molecule has 0 bridgehead atoms. The normalized spacial score (nSPS) is 14.8. The van der Waals surface area contributed by atoms with E-state index in [2.05, 4.69) is 0 Å². The molecule has 1 heterocycles. The van der Waals surface area contributed by atoms with Gasteiger partial charge < -0.3 is 15.4 Å². The van der Waals surface area contributed by atoms with Crippen LogP contribution in [-0.4, -0.2) is 37.4 Å². The Bertz CT molecular complexity index is 886. The fourth-order valence-corrected chi connectivity index (χ4v) is 2.58. The third kappa shape index (κ3) is 3.54. The molecule has 0 atom stereocenters. The SMILES string of the molecule is Cc1ccc(/C=C2/Oc3ccc(N)cc3N(CC(=O)N(C)C)C2=O)cc1. The van der Waals surface area contributed by atoms with Crippen molar-refractivity contribution in [1.82, 2.24) is 4.90 Å². The number of nitrogen functional groups attached to an aromatic ring is 1. The summed E-state index contributed by atoms with van der Waals surface area (Å²) < 4.78 is 5.80. The van der Waals surface area contributed by atoms with Crippen molar-refractivity contribution >= 4 is 29.3 Å². The zero-order chi connectivity index (χ0) is 18.8. The Balaban J connectivity index is 2.02. The van der Waals surface area contributed by atoms with E-state index in [4.69, 9.17) is 10.5 Å². The van der Waals surface area contributed by atoms with Gasteiger partial charge in [0, 0.05) is 19.8 Å². The average molecular weight is 351 g/mol. The molecule has 0 saturated heterocycles. The maximum Gasteiger partial charge on any atom is 0.294 e. The fraction of sp³-hybridized carbons (Fsp3) is 0.200. The van der Waals surface area contributed by atoms with Gasteiger partial charge in [-0.25, -0.2) is 0 Å². The molecule has 1 aliphatic heterocycles. The van der Waals surface area contributed by atoms with Crippen molar-refractivity contribution < 1.29 is 14.3 Å². The van der Waals surface area contributed by atoms with Gasteiger partial charge in [0.15, 0.2) is 11.5 Å². The lowest BCUT2D eigenvalue weighted by atomic mass is 10.1. The predicted octanol–water partition coefficient (Wildman–Crippen LogP) is 2.43. The van der Waals surface area contributed by atoms with Gasteiger partial charge in [0.25, 0.3) is 5.91 Å². The number of carbonyl (C=O) groups excluding carboxylic acids is 2. The first-order valence-electron chi connectivity index (χ1n) is 8.23. The lowest BCUT2D eigenvalue weighted by molar-refractivity contribution is -0.129. The third-order valence-electron chi connectivity index (χ3n) is 4.12. The lowest BCUT2D eigenvalue weighted by Crippen LogP contribution is -2.44. The maximum absolute atomic E-state index is 13.0. The third-order valence-corrected chi connectivity index (χ3v) is 4.12. The quantitative estimate of drug-likeness (QED) is 0.681. The number of fused-ring (bicyclic) bond motifs is 1. The summed E-state index contributed by atoms with van der Waals surface area (Å²) in [7, 11) is 3.30. The first-order chi connectivity index (χ1) is 12.3. The van der Waals surface area contributed by atoms with E-state index < -0.39 is 0 Å². The topological polar surface area (TPSA) is 75.9 Å². The van der Waals surface area contributed by atoms with Crippen molar-refractivity contribution in [3.63, 3.8) is 0 Å². The largest absolute Gasteiger partial charge is 0.449 e. The molecule has 3 rings (SSSR count). The molecule has 2 aromatic carbocycles. The summed E-state index contributed by atoms with van der Waals surface area (Å²) >= 11 is 0. The van der Waals surface area contributed by atoms with Crippen LogP contribution in [0.1, 0.15) is 11.1 Å². The van der Waals surface area contributed by atoms with Gasteiger partial charge in [-0.15, -0.1) is 0 Å². The fourth-order valence-electron chi connectivity index (χ4n) is 2.58. The van der Waals surface area contributed by atoms with Crippen molar-refractivity contribution in [1.29, 1.82) is 0 Å². The number of likely N-dealkylation sites (N-methyl/N-ethyl adjacent to an activating group) is 1. The number of ether oxygens (including phenoxy) is 1. The Morgan fingerprint density at radius 3 is 2.54 bits per heavy atom. The zero-order valence-corrected chi connectivity index (χ0v) is 15.0. The van der Waals surface area contributed by atoms with Crippen LogP contribution in [0.2, 0.25) is 0 Å².